The van der Waals surface area contributed by atoms with Crippen LogP contribution in [-0.4, -0.2) is 12.1 Å². The molecule has 0 aliphatic carbocycles. The topological polar surface area (TPSA) is 26.3 Å². The van der Waals surface area contributed by atoms with Crippen molar-refractivity contribution in [2.75, 3.05) is 0 Å². The second-order valence-electron chi connectivity index (χ2n) is 5.31. The van der Waals surface area contributed by atoms with Crippen LogP contribution in [0.3, 0.4) is 0 Å². The third-order valence-electron chi connectivity index (χ3n) is 3.28. The average molecular weight is 256 g/mol. The third kappa shape index (κ3) is 11.9. The molecule has 0 N–H and O–H groups in total. The molecule has 0 aromatic rings. The molecule has 0 aromatic heterocycles. The number of hydrogen-bond acceptors (Lipinski definition) is 2. The van der Waals surface area contributed by atoms with Crippen molar-refractivity contribution in [1.82, 2.24) is 0 Å². The van der Waals surface area contributed by atoms with Crippen molar-refractivity contribution >= 4 is 5.97 Å². The molecule has 0 aliphatic heterocycles. The lowest BCUT2D eigenvalue weighted by Crippen LogP contribution is -2.14. The third-order valence-corrected chi connectivity index (χ3v) is 3.28. The van der Waals surface area contributed by atoms with Crippen LogP contribution in [0.25, 0.3) is 0 Å². The summed E-state index contributed by atoms with van der Waals surface area (Å²) in [5.41, 5.74) is 0. The molecule has 0 amide bonds. The van der Waals surface area contributed by atoms with E-state index in [-0.39, 0.29) is 12.1 Å². The van der Waals surface area contributed by atoms with Crippen molar-refractivity contribution in [1.29, 1.82) is 0 Å². The zero-order valence-corrected chi connectivity index (χ0v) is 12.7. The number of carbonyl (C=O) groups excluding carboxylic acids is 1. The van der Waals surface area contributed by atoms with Crippen molar-refractivity contribution in [3.63, 3.8) is 0 Å². The van der Waals surface area contributed by atoms with Crippen LogP contribution in [0.5, 0.6) is 0 Å². The summed E-state index contributed by atoms with van der Waals surface area (Å²) < 4.78 is 5.40. The molecule has 2 nitrogen and oxygen atoms in total. The molecule has 0 spiro atoms. The van der Waals surface area contributed by atoms with Gasteiger partial charge in [-0.25, -0.2) is 0 Å². The zero-order chi connectivity index (χ0) is 13.6. The van der Waals surface area contributed by atoms with Crippen LogP contribution in [-0.2, 0) is 9.53 Å². The van der Waals surface area contributed by atoms with E-state index in [2.05, 4.69) is 13.8 Å². The van der Waals surface area contributed by atoms with Gasteiger partial charge < -0.3 is 4.74 Å². The first-order valence-electron chi connectivity index (χ1n) is 7.90. The Morgan fingerprint density at radius 2 is 1.44 bits per heavy atom. The van der Waals surface area contributed by atoms with E-state index in [1.54, 1.807) is 0 Å². The Bertz CT molecular complexity index is 190. The van der Waals surface area contributed by atoms with Crippen LogP contribution >= 0.6 is 0 Å². The van der Waals surface area contributed by atoms with Gasteiger partial charge in [0, 0.05) is 6.42 Å². The number of esters is 1. The molecule has 0 bridgehead atoms. The Morgan fingerprint density at radius 1 is 0.889 bits per heavy atom. The van der Waals surface area contributed by atoms with E-state index < -0.39 is 0 Å². The molecule has 18 heavy (non-hydrogen) atoms. The Balaban J connectivity index is 3.37. The maximum Gasteiger partial charge on any atom is 0.306 e. The number of ether oxygens (including phenoxy) is 1. The Morgan fingerprint density at radius 3 is 2.06 bits per heavy atom. The molecular weight excluding hydrogens is 224 g/mol. The van der Waals surface area contributed by atoms with Crippen molar-refractivity contribution in [3.8, 4) is 0 Å². The summed E-state index contributed by atoms with van der Waals surface area (Å²) >= 11 is 0. The Hall–Kier alpha value is -0.530. The average Bonchev–Trinajstić information content (AvgIpc) is 2.34. The van der Waals surface area contributed by atoms with Gasteiger partial charge in [0.2, 0.25) is 0 Å². The molecule has 0 fully saturated rings. The second-order valence-corrected chi connectivity index (χ2v) is 5.31. The fourth-order valence-electron chi connectivity index (χ4n) is 2.07. The molecule has 0 heterocycles. The molecule has 108 valence electrons. The van der Waals surface area contributed by atoms with Gasteiger partial charge in [-0.2, -0.15) is 0 Å². The predicted octanol–water partition coefficient (Wildman–Crippen LogP) is 5.25. The van der Waals surface area contributed by atoms with E-state index in [0.29, 0.717) is 6.42 Å². The number of unbranched alkanes of at least 4 members (excludes halogenated alkanes) is 7. The van der Waals surface area contributed by atoms with Gasteiger partial charge in [-0.15, -0.1) is 0 Å². The summed E-state index contributed by atoms with van der Waals surface area (Å²) in [6.45, 7) is 6.42. The van der Waals surface area contributed by atoms with Gasteiger partial charge in [-0.1, -0.05) is 58.8 Å². The SMILES string of the molecule is CCCCCCCC(C)OC(=O)CCCCCC. The number of rotatable bonds is 12. The summed E-state index contributed by atoms with van der Waals surface area (Å²) in [7, 11) is 0. The van der Waals surface area contributed by atoms with E-state index in [1.807, 2.05) is 6.92 Å². The first-order chi connectivity index (χ1) is 8.70. The predicted molar refractivity (Wildman–Crippen MR) is 77.7 cm³/mol. The zero-order valence-electron chi connectivity index (χ0n) is 12.7. The normalized spacial score (nSPS) is 12.4. The van der Waals surface area contributed by atoms with E-state index in [4.69, 9.17) is 4.74 Å². The van der Waals surface area contributed by atoms with Crippen LogP contribution in [0.1, 0.15) is 91.4 Å². The fourth-order valence-corrected chi connectivity index (χ4v) is 2.07. The monoisotopic (exact) mass is 256 g/mol. The molecule has 2 heteroatoms. The largest absolute Gasteiger partial charge is 0.463 e. The van der Waals surface area contributed by atoms with Crippen LogP contribution in [0.4, 0.5) is 0 Å². The summed E-state index contributed by atoms with van der Waals surface area (Å²) in [5, 5.41) is 0. The summed E-state index contributed by atoms with van der Waals surface area (Å²) in [5.74, 6) is -0.00726. The van der Waals surface area contributed by atoms with Gasteiger partial charge in [0.05, 0.1) is 6.10 Å². The minimum Gasteiger partial charge on any atom is -0.463 e. The first kappa shape index (κ1) is 17.5. The maximum absolute atomic E-state index is 11.5. The van der Waals surface area contributed by atoms with Crippen molar-refractivity contribution in [3.05, 3.63) is 0 Å². The minimum absolute atomic E-state index is 0.00726. The fraction of sp³-hybridized carbons (Fsp3) is 0.938. The summed E-state index contributed by atoms with van der Waals surface area (Å²) in [6.07, 6.45) is 12.7. The Labute approximate surface area is 113 Å². The van der Waals surface area contributed by atoms with Crippen LogP contribution in [0.2, 0.25) is 0 Å². The van der Waals surface area contributed by atoms with Crippen LogP contribution < -0.4 is 0 Å². The molecule has 1 atom stereocenters. The van der Waals surface area contributed by atoms with E-state index >= 15 is 0 Å². The highest BCUT2D eigenvalue weighted by Gasteiger charge is 2.08. The van der Waals surface area contributed by atoms with E-state index in [9.17, 15) is 4.79 Å². The standard InChI is InChI=1S/C16H32O2/c1-4-6-8-10-11-13-15(3)18-16(17)14-12-9-7-5-2/h15H,4-14H2,1-3H3. The van der Waals surface area contributed by atoms with Crippen molar-refractivity contribution in [2.24, 2.45) is 0 Å². The van der Waals surface area contributed by atoms with Gasteiger partial charge in [-0.3, -0.25) is 4.79 Å². The number of carbonyl (C=O) groups is 1. The Kier molecular flexibility index (Phi) is 12.5. The lowest BCUT2D eigenvalue weighted by atomic mass is 10.1. The van der Waals surface area contributed by atoms with Gasteiger partial charge in [-0.05, 0) is 26.2 Å². The summed E-state index contributed by atoms with van der Waals surface area (Å²) in [4.78, 5) is 11.5. The minimum atomic E-state index is -0.00726. The van der Waals surface area contributed by atoms with Gasteiger partial charge in [0.15, 0.2) is 0 Å². The molecule has 0 saturated carbocycles. The molecule has 0 aliphatic rings. The molecular formula is C16H32O2. The van der Waals surface area contributed by atoms with Crippen molar-refractivity contribution in [2.45, 2.75) is 97.5 Å². The lowest BCUT2D eigenvalue weighted by Gasteiger charge is -2.13. The van der Waals surface area contributed by atoms with E-state index in [1.165, 1.54) is 44.9 Å². The van der Waals surface area contributed by atoms with Gasteiger partial charge >= 0.3 is 5.97 Å². The quantitative estimate of drug-likeness (QED) is 0.352. The maximum atomic E-state index is 11.5. The molecule has 1 unspecified atom stereocenters. The van der Waals surface area contributed by atoms with Gasteiger partial charge in [0.25, 0.3) is 0 Å². The van der Waals surface area contributed by atoms with Gasteiger partial charge in [0.1, 0.15) is 0 Å². The van der Waals surface area contributed by atoms with Crippen molar-refractivity contribution < 1.29 is 9.53 Å². The molecule has 0 saturated heterocycles. The number of hydrogen-bond donors (Lipinski definition) is 0. The summed E-state index contributed by atoms with van der Waals surface area (Å²) in [6, 6.07) is 0. The second kappa shape index (κ2) is 12.9. The molecule has 0 rings (SSSR count). The van der Waals surface area contributed by atoms with E-state index in [0.717, 1.165) is 19.3 Å². The highest BCUT2D eigenvalue weighted by molar-refractivity contribution is 5.69. The van der Waals surface area contributed by atoms with Crippen LogP contribution in [0.15, 0.2) is 0 Å². The highest BCUT2D eigenvalue weighted by Crippen LogP contribution is 2.11. The van der Waals surface area contributed by atoms with Crippen LogP contribution in [0, 0.1) is 0 Å². The molecule has 0 radical (unpaired) electrons. The highest BCUT2D eigenvalue weighted by atomic mass is 16.5. The molecule has 0 aromatic carbocycles. The lowest BCUT2D eigenvalue weighted by molar-refractivity contribution is -0.148. The smallest absolute Gasteiger partial charge is 0.306 e. The first-order valence-corrected chi connectivity index (χ1v) is 7.90.